The van der Waals surface area contributed by atoms with Gasteiger partial charge in [-0.1, -0.05) is 36.4 Å². The van der Waals surface area contributed by atoms with Gasteiger partial charge in [-0.05, 0) is 23.8 Å². The second kappa shape index (κ2) is 3.97. The molecule has 98 valence electrons. The van der Waals surface area contributed by atoms with Crippen LogP contribution < -0.4 is 4.90 Å². The van der Waals surface area contributed by atoms with Crippen molar-refractivity contribution in [3.63, 3.8) is 0 Å². The molecule has 3 nitrogen and oxygen atoms in total. The zero-order valence-corrected chi connectivity index (χ0v) is 11.2. The Morgan fingerprint density at radius 1 is 1.00 bits per heavy atom. The molecule has 1 aliphatic rings. The van der Waals surface area contributed by atoms with Crippen molar-refractivity contribution in [3.8, 4) is 0 Å². The highest BCUT2D eigenvalue weighted by Crippen LogP contribution is 2.30. The third kappa shape index (κ3) is 1.43. The van der Waals surface area contributed by atoms with Gasteiger partial charge in [-0.2, -0.15) is 0 Å². The molecule has 4 rings (SSSR count). The molecule has 2 heterocycles. The number of carbonyl (C=O) groups is 1. The molecule has 0 radical (unpaired) electrons. The van der Waals surface area contributed by atoms with Crippen molar-refractivity contribution < 1.29 is 4.79 Å². The van der Waals surface area contributed by atoms with E-state index in [-0.39, 0.29) is 5.91 Å². The predicted octanol–water partition coefficient (Wildman–Crippen LogP) is 3.28. The van der Waals surface area contributed by atoms with E-state index < -0.39 is 0 Å². The number of amides is 1. The molecule has 3 aromatic rings. The lowest BCUT2D eigenvalue weighted by Crippen LogP contribution is -2.26. The van der Waals surface area contributed by atoms with Gasteiger partial charge in [0.25, 0.3) is 5.91 Å². The number of carbonyl (C=O) groups excluding carboxylic acids is 1. The first-order valence-corrected chi connectivity index (χ1v) is 6.70. The van der Waals surface area contributed by atoms with E-state index in [1.807, 2.05) is 43.4 Å². The third-order valence-corrected chi connectivity index (χ3v) is 4.02. The van der Waals surface area contributed by atoms with Gasteiger partial charge in [0.15, 0.2) is 0 Å². The van der Waals surface area contributed by atoms with E-state index in [4.69, 9.17) is 0 Å². The quantitative estimate of drug-likeness (QED) is 0.610. The Labute approximate surface area is 117 Å². The predicted molar refractivity (Wildman–Crippen MR) is 80.2 cm³/mol. The lowest BCUT2D eigenvalue weighted by molar-refractivity contribution is 0.0987. The Balaban J connectivity index is 2.04. The van der Waals surface area contributed by atoms with Crippen LogP contribution in [0.15, 0.2) is 54.6 Å². The highest BCUT2D eigenvalue weighted by molar-refractivity contribution is 6.08. The standard InChI is InChI=1S/C17H14N2O/c1-18-14-8-4-3-7-13(14)11-19-15-9-5-2-6-12(15)10-16(19)17(18)20/h2-10H,11H2,1H3. The molecule has 0 atom stereocenters. The Kier molecular flexibility index (Phi) is 2.24. The lowest BCUT2D eigenvalue weighted by Gasteiger charge is -2.16. The van der Waals surface area contributed by atoms with Crippen LogP contribution >= 0.6 is 0 Å². The average Bonchev–Trinajstić information content (AvgIpc) is 2.81. The fourth-order valence-electron chi connectivity index (χ4n) is 2.98. The highest BCUT2D eigenvalue weighted by Gasteiger charge is 2.25. The van der Waals surface area contributed by atoms with Gasteiger partial charge in [-0.3, -0.25) is 4.79 Å². The minimum absolute atomic E-state index is 0.0474. The van der Waals surface area contributed by atoms with Crippen molar-refractivity contribution in [1.29, 1.82) is 0 Å². The Morgan fingerprint density at radius 2 is 1.75 bits per heavy atom. The number of anilines is 1. The van der Waals surface area contributed by atoms with Crippen LogP contribution in [0, 0.1) is 0 Å². The van der Waals surface area contributed by atoms with Crippen molar-refractivity contribution in [2.24, 2.45) is 0 Å². The van der Waals surface area contributed by atoms with Crippen LogP contribution in [-0.2, 0) is 6.54 Å². The van der Waals surface area contributed by atoms with Gasteiger partial charge in [-0.15, -0.1) is 0 Å². The maximum absolute atomic E-state index is 12.7. The van der Waals surface area contributed by atoms with Crippen LogP contribution in [0.1, 0.15) is 16.1 Å². The number of hydrogen-bond acceptors (Lipinski definition) is 1. The molecule has 0 saturated carbocycles. The normalized spacial score (nSPS) is 14.1. The molecule has 0 saturated heterocycles. The van der Waals surface area contributed by atoms with Crippen LogP contribution in [-0.4, -0.2) is 17.5 Å². The smallest absolute Gasteiger partial charge is 0.274 e. The van der Waals surface area contributed by atoms with Gasteiger partial charge in [0.2, 0.25) is 0 Å². The number of nitrogens with zero attached hydrogens (tertiary/aromatic N) is 2. The van der Waals surface area contributed by atoms with E-state index >= 15 is 0 Å². The van der Waals surface area contributed by atoms with E-state index in [1.165, 1.54) is 5.56 Å². The monoisotopic (exact) mass is 262 g/mol. The van der Waals surface area contributed by atoms with Crippen LogP contribution in [0.3, 0.4) is 0 Å². The minimum atomic E-state index is 0.0474. The van der Waals surface area contributed by atoms with Crippen LogP contribution in [0.4, 0.5) is 5.69 Å². The summed E-state index contributed by atoms with van der Waals surface area (Å²) in [7, 11) is 1.84. The number of rotatable bonds is 0. The Bertz CT molecular complexity index is 832. The molecule has 1 aliphatic heterocycles. The molecule has 0 fully saturated rings. The molecule has 20 heavy (non-hydrogen) atoms. The number of aromatic nitrogens is 1. The zero-order valence-electron chi connectivity index (χ0n) is 11.2. The molecule has 1 aromatic heterocycles. The molecule has 1 amide bonds. The van der Waals surface area contributed by atoms with E-state index in [2.05, 4.69) is 22.8 Å². The number of hydrogen-bond donors (Lipinski definition) is 0. The summed E-state index contributed by atoms with van der Waals surface area (Å²) in [4.78, 5) is 14.4. The second-order valence-electron chi connectivity index (χ2n) is 5.17. The maximum Gasteiger partial charge on any atom is 0.274 e. The minimum Gasteiger partial charge on any atom is -0.332 e. The van der Waals surface area contributed by atoms with Crippen LogP contribution in [0.2, 0.25) is 0 Å². The largest absolute Gasteiger partial charge is 0.332 e. The third-order valence-electron chi connectivity index (χ3n) is 4.02. The Morgan fingerprint density at radius 3 is 2.65 bits per heavy atom. The fraction of sp³-hybridized carbons (Fsp3) is 0.118. The molecule has 2 aromatic carbocycles. The van der Waals surface area contributed by atoms with Gasteiger partial charge in [0.1, 0.15) is 5.69 Å². The van der Waals surface area contributed by atoms with Crippen LogP contribution in [0.25, 0.3) is 10.9 Å². The molecular formula is C17H14N2O. The molecule has 0 bridgehead atoms. The fourth-order valence-corrected chi connectivity index (χ4v) is 2.98. The first-order chi connectivity index (χ1) is 9.75. The van der Waals surface area contributed by atoms with E-state index in [0.717, 1.165) is 28.8 Å². The van der Waals surface area contributed by atoms with E-state index in [0.29, 0.717) is 0 Å². The summed E-state index contributed by atoms with van der Waals surface area (Å²) in [6.07, 6.45) is 0. The number of benzene rings is 2. The van der Waals surface area contributed by atoms with Gasteiger partial charge in [0, 0.05) is 23.6 Å². The molecule has 3 heteroatoms. The zero-order chi connectivity index (χ0) is 13.7. The summed E-state index contributed by atoms with van der Waals surface area (Å²) in [5.74, 6) is 0.0474. The molecular weight excluding hydrogens is 248 g/mol. The maximum atomic E-state index is 12.7. The summed E-state index contributed by atoms with van der Waals surface area (Å²) < 4.78 is 2.11. The lowest BCUT2D eigenvalue weighted by atomic mass is 10.1. The summed E-state index contributed by atoms with van der Waals surface area (Å²) in [5.41, 5.74) is 4.03. The number of fused-ring (bicyclic) bond motifs is 4. The van der Waals surface area contributed by atoms with Crippen molar-refractivity contribution >= 4 is 22.5 Å². The van der Waals surface area contributed by atoms with E-state index in [9.17, 15) is 4.79 Å². The summed E-state index contributed by atoms with van der Waals surface area (Å²) >= 11 is 0. The number of para-hydroxylation sites is 2. The topological polar surface area (TPSA) is 25.2 Å². The average molecular weight is 262 g/mol. The molecule has 0 N–H and O–H groups in total. The highest BCUT2D eigenvalue weighted by atomic mass is 16.2. The first kappa shape index (κ1) is 11.3. The van der Waals surface area contributed by atoms with Crippen molar-refractivity contribution in [1.82, 2.24) is 4.57 Å². The van der Waals surface area contributed by atoms with Gasteiger partial charge in [-0.25, -0.2) is 0 Å². The van der Waals surface area contributed by atoms with Gasteiger partial charge in [0.05, 0.1) is 6.54 Å². The summed E-state index contributed by atoms with van der Waals surface area (Å²) in [6, 6.07) is 18.2. The SMILES string of the molecule is CN1C(=O)c2cc3ccccc3n2Cc2ccccc21. The van der Waals surface area contributed by atoms with E-state index in [1.54, 1.807) is 4.90 Å². The van der Waals surface area contributed by atoms with Crippen molar-refractivity contribution in [2.45, 2.75) is 6.54 Å². The van der Waals surface area contributed by atoms with Crippen molar-refractivity contribution in [3.05, 3.63) is 65.9 Å². The second-order valence-corrected chi connectivity index (χ2v) is 5.17. The van der Waals surface area contributed by atoms with Gasteiger partial charge < -0.3 is 9.47 Å². The van der Waals surface area contributed by atoms with Crippen LogP contribution in [0.5, 0.6) is 0 Å². The molecule has 0 unspecified atom stereocenters. The first-order valence-electron chi connectivity index (χ1n) is 6.70. The molecule has 0 aliphatic carbocycles. The Hall–Kier alpha value is -2.55. The van der Waals surface area contributed by atoms with Gasteiger partial charge >= 0.3 is 0 Å². The van der Waals surface area contributed by atoms with Crippen molar-refractivity contribution in [2.75, 3.05) is 11.9 Å². The molecule has 0 spiro atoms. The summed E-state index contributed by atoms with van der Waals surface area (Å²) in [5, 5.41) is 1.11. The summed E-state index contributed by atoms with van der Waals surface area (Å²) in [6.45, 7) is 0.731.